The summed E-state index contributed by atoms with van der Waals surface area (Å²) in [5.74, 6) is -0.0182. The smallest absolute Gasteiger partial charge is 0.325 e. The Bertz CT molecular complexity index is 986. The van der Waals surface area contributed by atoms with E-state index in [9.17, 15) is 14.4 Å². The number of carbonyl (C=O) groups excluding carboxylic acids is 3. The number of urea groups is 1. The van der Waals surface area contributed by atoms with E-state index in [1.807, 2.05) is 30.3 Å². The Morgan fingerprint density at radius 2 is 1.72 bits per heavy atom. The van der Waals surface area contributed by atoms with Crippen LogP contribution >= 0.6 is 0 Å². The number of benzene rings is 2. The van der Waals surface area contributed by atoms with Crippen LogP contribution in [0.1, 0.15) is 44.6 Å². The molecule has 1 saturated heterocycles. The summed E-state index contributed by atoms with van der Waals surface area (Å²) >= 11 is 0. The highest BCUT2D eigenvalue weighted by atomic mass is 16.5. The molecule has 2 aromatic carbocycles. The van der Waals surface area contributed by atoms with Gasteiger partial charge in [0.2, 0.25) is 5.91 Å². The first-order valence-electron chi connectivity index (χ1n) is 11.1. The summed E-state index contributed by atoms with van der Waals surface area (Å²) in [7, 11) is 1.57. The lowest BCUT2D eigenvalue weighted by molar-refractivity contribution is -0.134. The predicted molar refractivity (Wildman–Crippen MR) is 121 cm³/mol. The van der Waals surface area contributed by atoms with Crippen molar-refractivity contribution in [1.82, 2.24) is 10.2 Å². The molecule has 1 atom stereocenters. The first-order valence-corrected chi connectivity index (χ1v) is 11.1. The van der Waals surface area contributed by atoms with Crippen molar-refractivity contribution < 1.29 is 19.1 Å². The molecule has 4 rings (SSSR count). The minimum atomic E-state index is -1.23. The molecule has 1 aliphatic carbocycles. The molecule has 7 heteroatoms. The van der Waals surface area contributed by atoms with E-state index in [1.165, 1.54) is 6.42 Å². The minimum absolute atomic E-state index is 0.0763. The lowest BCUT2D eigenvalue weighted by Crippen LogP contribution is -2.48. The van der Waals surface area contributed by atoms with Crippen LogP contribution in [0.5, 0.6) is 5.75 Å². The summed E-state index contributed by atoms with van der Waals surface area (Å²) in [4.78, 5) is 42.3. The number of hydrogen-bond donors (Lipinski definition) is 1. The fourth-order valence-corrected chi connectivity index (χ4v) is 4.66. The Kier molecular flexibility index (Phi) is 6.17. The van der Waals surface area contributed by atoms with Crippen molar-refractivity contribution >= 4 is 23.5 Å². The lowest BCUT2D eigenvalue weighted by Gasteiger charge is -2.35. The molecule has 0 unspecified atom stereocenters. The van der Waals surface area contributed by atoms with Crippen LogP contribution in [-0.4, -0.2) is 42.4 Å². The molecule has 2 fully saturated rings. The number of imide groups is 1. The average Bonchev–Trinajstić information content (AvgIpc) is 3.04. The third-order valence-corrected chi connectivity index (χ3v) is 6.48. The summed E-state index contributed by atoms with van der Waals surface area (Å²) in [5, 5.41) is 2.77. The molecule has 2 aromatic rings. The van der Waals surface area contributed by atoms with Crippen LogP contribution in [0.2, 0.25) is 0 Å². The lowest BCUT2D eigenvalue weighted by atomic mass is 9.92. The zero-order chi connectivity index (χ0) is 22.7. The molecule has 0 bridgehead atoms. The van der Waals surface area contributed by atoms with Crippen LogP contribution in [0, 0.1) is 0 Å². The van der Waals surface area contributed by atoms with Crippen LogP contribution < -0.4 is 15.0 Å². The van der Waals surface area contributed by atoms with Gasteiger partial charge < -0.3 is 15.0 Å². The van der Waals surface area contributed by atoms with E-state index >= 15 is 0 Å². The van der Waals surface area contributed by atoms with Crippen LogP contribution in [0.25, 0.3) is 0 Å². The molecular weight excluding hydrogens is 406 g/mol. The SMILES string of the molecule is COc1ccc([C@@]2(C)NC(=O)N(CC(=O)N(c3ccccc3)C3CCCCC3)C2=O)cc1. The van der Waals surface area contributed by atoms with Crippen molar-refractivity contribution in [2.24, 2.45) is 0 Å². The number of hydrogen-bond acceptors (Lipinski definition) is 4. The van der Waals surface area contributed by atoms with Crippen molar-refractivity contribution in [2.45, 2.75) is 50.6 Å². The van der Waals surface area contributed by atoms with Crippen molar-refractivity contribution in [3.8, 4) is 5.75 Å². The molecule has 0 spiro atoms. The van der Waals surface area contributed by atoms with Gasteiger partial charge in [-0.3, -0.25) is 14.5 Å². The summed E-state index contributed by atoms with van der Waals surface area (Å²) in [6.45, 7) is 1.37. The van der Waals surface area contributed by atoms with Gasteiger partial charge in [-0.2, -0.15) is 0 Å². The van der Waals surface area contributed by atoms with Gasteiger partial charge >= 0.3 is 6.03 Å². The van der Waals surface area contributed by atoms with Gasteiger partial charge in [0.15, 0.2) is 0 Å². The van der Waals surface area contributed by atoms with Gasteiger partial charge in [0.1, 0.15) is 17.8 Å². The Hall–Kier alpha value is -3.35. The van der Waals surface area contributed by atoms with E-state index in [-0.39, 0.29) is 18.5 Å². The maximum absolute atomic E-state index is 13.5. The van der Waals surface area contributed by atoms with E-state index in [1.54, 1.807) is 43.2 Å². The van der Waals surface area contributed by atoms with Gasteiger partial charge in [0.05, 0.1) is 7.11 Å². The Labute approximate surface area is 188 Å². The summed E-state index contributed by atoms with van der Waals surface area (Å²) < 4.78 is 5.18. The van der Waals surface area contributed by atoms with Crippen molar-refractivity contribution in [2.75, 3.05) is 18.6 Å². The van der Waals surface area contributed by atoms with E-state index in [0.717, 1.165) is 36.3 Å². The third kappa shape index (κ3) is 4.07. The van der Waals surface area contributed by atoms with Gasteiger partial charge in [-0.05, 0) is 49.6 Å². The number of nitrogens with one attached hydrogen (secondary N) is 1. The summed E-state index contributed by atoms with van der Waals surface area (Å²) in [6.07, 6.45) is 5.15. The van der Waals surface area contributed by atoms with Crippen molar-refractivity contribution in [3.63, 3.8) is 0 Å². The van der Waals surface area contributed by atoms with Gasteiger partial charge in [-0.1, -0.05) is 49.6 Å². The molecule has 1 aliphatic heterocycles. The Morgan fingerprint density at radius 3 is 2.34 bits per heavy atom. The zero-order valence-corrected chi connectivity index (χ0v) is 18.5. The van der Waals surface area contributed by atoms with Crippen LogP contribution in [0.3, 0.4) is 0 Å². The van der Waals surface area contributed by atoms with Crippen molar-refractivity contribution in [3.05, 3.63) is 60.2 Å². The van der Waals surface area contributed by atoms with Crippen LogP contribution in [0.4, 0.5) is 10.5 Å². The molecule has 32 heavy (non-hydrogen) atoms. The quantitative estimate of drug-likeness (QED) is 0.700. The molecule has 0 radical (unpaired) electrons. The van der Waals surface area contributed by atoms with Gasteiger partial charge in [-0.15, -0.1) is 0 Å². The van der Waals surface area contributed by atoms with Gasteiger partial charge in [0, 0.05) is 11.7 Å². The molecule has 1 N–H and O–H groups in total. The molecular formula is C25H29N3O4. The third-order valence-electron chi connectivity index (χ3n) is 6.48. The fourth-order valence-electron chi connectivity index (χ4n) is 4.66. The monoisotopic (exact) mass is 435 g/mol. The van der Waals surface area contributed by atoms with E-state index < -0.39 is 17.5 Å². The molecule has 7 nitrogen and oxygen atoms in total. The molecule has 1 saturated carbocycles. The van der Waals surface area contributed by atoms with Crippen LogP contribution in [0.15, 0.2) is 54.6 Å². The maximum Gasteiger partial charge on any atom is 0.325 e. The number of nitrogens with zero attached hydrogens (tertiary/aromatic N) is 2. The predicted octanol–water partition coefficient (Wildman–Crippen LogP) is 3.83. The van der Waals surface area contributed by atoms with E-state index in [4.69, 9.17) is 4.74 Å². The highest BCUT2D eigenvalue weighted by Crippen LogP contribution is 2.31. The zero-order valence-electron chi connectivity index (χ0n) is 18.5. The second-order valence-corrected chi connectivity index (χ2v) is 8.57. The second-order valence-electron chi connectivity index (χ2n) is 8.57. The number of methoxy groups -OCH3 is 1. The van der Waals surface area contributed by atoms with E-state index in [0.29, 0.717) is 11.3 Å². The molecule has 0 aromatic heterocycles. The number of rotatable bonds is 6. The van der Waals surface area contributed by atoms with E-state index in [2.05, 4.69) is 5.32 Å². The minimum Gasteiger partial charge on any atom is -0.497 e. The number of para-hydroxylation sites is 1. The highest BCUT2D eigenvalue weighted by Gasteiger charge is 2.50. The largest absolute Gasteiger partial charge is 0.497 e. The standard InChI is InChI=1S/C25H29N3O4/c1-25(18-13-15-21(32-2)16-14-18)23(30)27(24(31)26-25)17-22(29)28(19-9-5-3-6-10-19)20-11-7-4-8-12-20/h3,5-6,9-10,13-16,20H,4,7-8,11-12,17H2,1-2H3,(H,26,31)/t25-/m1/s1. The highest BCUT2D eigenvalue weighted by molar-refractivity contribution is 6.10. The van der Waals surface area contributed by atoms with Gasteiger partial charge in [0.25, 0.3) is 5.91 Å². The number of anilines is 1. The maximum atomic E-state index is 13.5. The topological polar surface area (TPSA) is 79.0 Å². The Morgan fingerprint density at radius 1 is 1.06 bits per heavy atom. The molecule has 1 heterocycles. The summed E-state index contributed by atoms with van der Waals surface area (Å²) in [5.41, 5.74) is 0.208. The normalized spacial score (nSPS) is 21.4. The number of carbonyl (C=O) groups is 3. The van der Waals surface area contributed by atoms with Gasteiger partial charge in [-0.25, -0.2) is 4.79 Å². The second kappa shape index (κ2) is 9.02. The van der Waals surface area contributed by atoms with Crippen LogP contribution in [-0.2, 0) is 15.1 Å². The molecule has 168 valence electrons. The first-order chi connectivity index (χ1) is 15.4. The fraction of sp³-hybridized carbons (Fsp3) is 0.400. The number of ether oxygens (including phenoxy) is 1. The average molecular weight is 436 g/mol. The first kappa shape index (κ1) is 21.9. The summed E-state index contributed by atoms with van der Waals surface area (Å²) in [6, 6.07) is 16.0. The Balaban J connectivity index is 1.56. The molecule has 2 aliphatic rings. The van der Waals surface area contributed by atoms with Crippen molar-refractivity contribution in [1.29, 1.82) is 0 Å². The number of amides is 4. The molecule has 4 amide bonds.